The summed E-state index contributed by atoms with van der Waals surface area (Å²) in [5.41, 5.74) is 8.09. The summed E-state index contributed by atoms with van der Waals surface area (Å²) in [4.78, 5) is 16.0. The van der Waals surface area contributed by atoms with Crippen LogP contribution in [0.4, 0.5) is 11.4 Å². The van der Waals surface area contributed by atoms with Crippen LogP contribution in [0.2, 0.25) is 0 Å². The van der Waals surface area contributed by atoms with E-state index in [0.29, 0.717) is 11.4 Å². The van der Waals surface area contributed by atoms with Gasteiger partial charge in [0.1, 0.15) is 0 Å². The van der Waals surface area contributed by atoms with Gasteiger partial charge in [-0.1, -0.05) is 6.07 Å². The molecule has 0 aliphatic heterocycles. The summed E-state index contributed by atoms with van der Waals surface area (Å²) >= 11 is 3.40. The van der Waals surface area contributed by atoms with Crippen molar-refractivity contribution in [1.29, 1.82) is 0 Å². The lowest BCUT2D eigenvalue weighted by atomic mass is 10.2. The van der Waals surface area contributed by atoms with Crippen LogP contribution in [0.5, 0.6) is 0 Å². The van der Waals surface area contributed by atoms with Crippen molar-refractivity contribution in [2.75, 3.05) is 11.1 Å². The van der Waals surface area contributed by atoms with Gasteiger partial charge in [-0.05, 0) is 52.7 Å². The number of halogens is 1. The van der Waals surface area contributed by atoms with E-state index in [9.17, 15) is 4.79 Å². The highest BCUT2D eigenvalue weighted by atomic mass is 79.9. The number of nitrogens with zero attached hydrogens (tertiary/aromatic N) is 1. The van der Waals surface area contributed by atoms with E-state index in [1.807, 2.05) is 25.1 Å². The Balaban J connectivity index is 2.24. The quantitative estimate of drug-likeness (QED) is 0.896. The number of rotatable bonds is 2. The van der Waals surface area contributed by atoms with E-state index in [0.717, 1.165) is 10.0 Å². The number of hydrogen-bond acceptors (Lipinski definition) is 3. The number of nitrogens with one attached hydrogen (secondary N) is 1. The van der Waals surface area contributed by atoms with Crippen molar-refractivity contribution >= 4 is 33.2 Å². The third-order valence-corrected chi connectivity index (χ3v) is 3.08. The van der Waals surface area contributed by atoms with Crippen molar-refractivity contribution in [2.24, 2.45) is 0 Å². The molecule has 18 heavy (non-hydrogen) atoms. The van der Waals surface area contributed by atoms with Crippen LogP contribution in [-0.4, -0.2) is 10.9 Å². The fraction of sp³-hybridized carbons (Fsp3) is 0.0769. The molecule has 0 aliphatic rings. The minimum Gasteiger partial charge on any atom is -0.397 e. The minimum atomic E-state index is -0.322. The molecule has 1 aromatic carbocycles. The molecule has 0 fully saturated rings. The van der Waals surface area contributed by atoms with Crippen molar-refractivity contribution in [3.05, 3.63) is 52.3 Å². The maximum absolute atomic E-state index is 12.0. The van der Waals surface area contributed by atoms with Crippen LogP contribution >= 0.6 is 15.9 Å². The number of hydrogen-bond donors (Lipinski definition) is 2. The molecular formula is C13H12BrN3O. The Hall–Kier alpha value is -1.88. The first-order chi connectivity index (χ1) is 8.58. The molecule has 0 aliphatic carbocycles. The number of carbonyl (C=O) groups is 1. The molecule has 1 amide bonds. The summed E-state index contributed by atoms with van der Waals surface area (Å²) in [6.07, 6.45) is 1.54. The van der Waals surface area contributed by atoms with Gasteiger partial charge in [0.15, 0.2) is 5.69 Å². The average molecular weight is 306 g/mol. The third kappa shape index (κ3) is 2.68. The van der Waals surface area contributed by atoms with Crippen LogP contribution in [0.3, 0.4) is 0 Å². The molecule has 0 unspecified atom stereocenters. The topological polar surface area (TPSA) is 68.0 Å². The number of aromatic nitrogens is 1. The maximum atomic E-state index is 12.0. The normalized spacial score (nSPS) is 10.1. The monoisotopic (exact) mass is 305 g/mol. The van der Waals surface area contributed by atoms with Gasteiger partial charge in [-0.15, -0.1) is 0 Å². The van der Waals surface area contributed by atoms with Crippen LogP contribution in [-0.2, 0) is 0 Å². The molecule has 5 heteroatoms. The Kier molecular flexibility index (Phi) is 3.62. The maximum Gasteiger partial charge on any atom is 0.276 e. The SMILES string of the molecule is Cc1ccc(NC(=O)c2ncccc2N)c(Br)c1. The molecular weight excluding hydrogens is 294 g/mol. The zero-order chi connectivity index (χ0) is 13.1. The summed E-state index contributed by atoms with van der Waals surface area (Å²) in [6, 6.07) is 9.01. The van der Waals surface area contributed by atoms with Gasteiger partial charge < -0.3 is 11.1 Å². The minimum absolute atomic E-state index is 0.227. The molecule has 4 nitrogen and oxygen atoms in total. The molecule has 0 atom stereocenters. The Morgan fingerprint density at radius 2 is 2.17 bits per heavy atom. The zero-order valence-corrected chi connectivity index (χ0v) is 11.4. The van der Waals surface area contributed by atoms with Gasteiger partial charge in [0.25, 0.3) is 5.91 Å². The van der Waals surface area contributed by atoms with Gasteiger partial charge in [0.2, 0.25) is 0 Å². The first-order valence-corrected chi connectivity index (χ1v) is 6.15. The van der Waals surface area contributed by atoms with Crippen molar-refractivity contribution in [3.8, 4) is 0 Å². The molecule has 2 aromatic rings. The van der Waals surface area contributed by atoms with Crippen molar-refractivity contribution in [1.82, 2.24) is 4.98 Å². The van der Waals surface area contributed by atoms with Gasteiger partial charge in [-0.2, -0.15) is 0 Å². The fourth-order valence-electron chi connectivity index (χ4n) is 1.51. The molecule has 2 rings (SSSR count). The number of nitrogen functional groups attached to an aromatic ring is 1. The highest BCUT2D eigenvalue weighted by Gasteiger charge is 2.12. The van der Waals surface area contributed by atoms with E-state index in [2.05, 4.69) is 26.2 Å². The van der Waals surface area contributed by atoms with Crippen LogP contribution in [0.1, 0.15) is 16.1 Å². The van der Waals surface area contributed by atoms with E-state index in [1.54, 1.807) is 12.1 Å². The van der Waals surface area contributed by atoms with Crippen LogP contribution in [0, 0.1) is 6.92 Å². The summed E-state index contributed by atoms with van der Waals surface area (Å²) in [5, 5.41) is 2.77. The highest BCUT2D eigenvalue weighted by molar-refractivity contribution is 9.10. The van der Waals surface area contributed by atoms with E-state index < -0.39 is 0 Å². The molecule has 0 spiro atoms. The van der Waals surface area contributed by atoms with Gasteiger partial charge in [0.05, 0.1) is 11.4 Å². The Labute approximate surface area is 113 Å². The smallest absolute Gasteiger partial charge is 0.276 e. The Morgan fingerprint density at radius 1 is 1.39 bits per heavy atom. The highest BCUT2D eigenvalue weighted by Crippen LogP contribution is 2.24. The van der Waals surface area contributed by atoms with Crippen molar-refractivity contribution in [3.63, 3.8) is 0 Å². The molecule has 1 heterocycles. The predicted octanol–water partition coefficient (Wildman–Crippen LogP) is 2.99. The second-order valence-corrected chi connectivity index (χ2v) is 4.73. The summed E-state index contributed by atoms with van der Waals surface area (Å²) in [5.74, 6) is -0.322. The van der Waals surface area contributed by atoms with Crippen LogP contribution in [0.25, 0.3) is 0 Å². The van der Waals surface area contributed by atoms with E-state index >= 15 is 0 Å². The Bertz CT molecular complexity index is 599. The lowest BCUT2D eigenvalue weighted by Gasteiger charge is -2.08. The molecule has 0 saturated carbocycles. The average Bonchev–Trinajstić information content (AvgIpc) is 2.33. The molecule has 3 N–H and O–H groups in total. The van der Waals surface area contributed by atoms with Crippen LogP contribution < -0.4 is 11.1 Å². The molecule has 1 aromatic heterocycles. The number of anilines is 2. The number of nitrogens with two attached hydrogens (primary N) is 1. The summed E-state index contributed by atoms with van der Waals surface area (Å²) < 4.78 is 0.824. The first kappa shape index (κ1) is 12.6. The van der Waals surface area contributed by atoms with Gasteiger partial charge in [0, 0.05) is 10.7 Å². The second kappa shape index (κ2) is 5.18. The number of benzene rings is 1. The fourth-order valence-corrected chi connectivity index (χ4v) is 2.10. The Morgan fingerprint density at radius 3 is 2.83 bits per heavy atom. The van der Waals surface area contributed by atoms with Crippen molar-refractivity contribution < 1.29 is 4.79 Å². The first-order valence-electron chi connectivity index (χ1n) is 5.36. The number of amides is 1. The zero-order valence-electron chi connectivity index (χ0n) is 9.77. The largest absolute Gasteiger partial charge is 0.397 e. The summed E-state index contributed by atoms with van der Waals surface area (Å²) in [7, 11) is 0. The van der Waals surface area contributed by atoms with Crippen LogP contribution in [0.15, 0.2) is 41.0 Å². The standard InChI is InChI=1S/C13H12BrN3O/c1-8-4-5-11(9(14)7-8)17-13(18)12-10(15)3-2-6-16-12/h2-7H,15H2,1H3,(H,17,18). The van der Waals surface area contributed by atoms with E-state index in [-0.39, 0.29) is 11.6 Å². The lowest BCUT2D eigenvalue weighted by Crippen LogP contribution is -2.16. The number of aryl methyl sites for hydroxylation is 1. The van der Waals surface area contributed by atoms with Crippen molar-refractivity contribution in [2.45, 2.75) is 6.92 Å². The number of pyridine rings is 1. The van der Waals surface area contributed by atoms with Gasteiger partial charge in [-0.25, -0.2) is 4.98 Å². The summed E-state index contributed by atoms with van der Waals surface area (Å²) in [6.45, 7) is 1.98. The van der Waals surface area contributed by atoms with Gasteiger partial charge in [-0.3, -0.25) is 4.79 Å². The molecule has 0 bridgehead atoms. The van der Waals surface area contributed by atoms with E-state index in [1.165, 1.54) is 6.20 Å². The van der Waals surface area contributed by atoms with E-state index in [4.69, 9.17) is 5.73 Å². The second-order valence-electron chi connectivity index (χ2n) is 3.88. The molecule has 0 radical (unpaired) electrons. The van der Waals surface area contributed by atoms with Gasteiger partial charge >= 0.3 is 0 Å². The predicted molar refractivity (Wildman–Crippen MR) is 75.5 cm³/mol. The molecule has 0 saturated heterocycles. The number of carbonyl (C=O) groups excluding carboxylic acids is 1. The molecule has 92 valence electrons. The lowest BCUT2D eigenvalue weighted by molar-refractivity contribution is 0.102. The third-order valence-electron chi connectivity index (χ3n) is 2.43.